The molecular formula is C23H41IN6O. The molecule has 0 amide bonds. The molecule has 0 aromatic heterocycles. The Morgan fingerprint density at radius 3 is 2.32 bits per heavy atom. The summed E-state index contributed by atoms with van der Waals surface area (Å²) in [7, 11) is 1.85. The number of rotatable bonds is 8. The van der Waals surface area contributed by atoms with E-state index in [1.54, 1.807) is 0 Å². The molecule has 2 saturated heterocycles. The number of guanidine groups is 1. The van der Waals surface area contributed by atoms with E-state index >= 15 is 0 Å². The molecule has 2 heterocycles. The summed E-state index contributed by atoms with van der Waals surface area (Å²) < 4.78 is 5.48. The van der Waals surface area contributed by atoms with Gasteiger partial charge in [-0.2, -0.15) is 0 Å². The number of aliphatic imine (C=N–C) groups is 1. The zero-order valence-corrected chi connectivity index (χ0v) is 21.8. The van der Waals surface area contributed by atoms with E-state index in [-0.39, 0.29) is 29.5 Å². The lowest BCUT2D eigenvalue weighted by molar-refractivity contribution is -0.00833. The second kappa shape index (κ2) is 13.4. The van der Waals surface area contributed by atoms with Crippen molar-refractivity contribution in [2.24, 2.45) is 4.99 Å². The normalized spacial score (nSPS) is 19.1. The molecule has 2 fully saturated rings. The summed E-state index contributed by atoms with van der Waals surface area (Å²) in [5, 5.41) is 6.98. The van der Waals surface area contributed by atoms with Gasteiger partial charge in [-0.3, -0.25) is 14.8 Å². The number of halogens is 1. The summed E-state index contributed by atoms with van der Waals surface area (Å²) in [5.74, 6) is 0.894. The van der Waals surface area contributed by atoms with E-state index in [0.717, 1.165) is 84.5 Å². The fourth-order valence-corrected chi connectivity index (χ4v) is 4.18. The van der Waals surface area contributed by atoms with Crippen LogP contribution in [0, 0.1) is 0 Å². The standard InChI is InChI=1S/C23H40N6O.HI/c1-23(2,29-16-18-30-19-17-29)20-26-22(24-3)25-10-7-11-27-12-14-28(15-13-27)21-8-5-4-6-9-21;/h4-6,8-9H,7,10-20H2,1-3H3,(H2,24,25,26);1H. The highest BCUT2D eigenvalue weighted by Gasteiger charge is 2.28. The van der Waals surface area contributed by atoms with Gasteiger partial charge in [-0.15, -0.1) is 24.0 Å². The smallest absolute Gasteiger partial charge is 0.191 e. The van der Waals surface area contributed by atoms with Gasteiger partial charge in [-0.1, -0.05) is 18.2 Å². The average Bonchev–Trinajstić information content (AvgIpc) is 2.80. The Morgan fingerprint density at radius 2 is 1.68 bits per heavy atom. The first-order valence-corrected chi connectivity index (χ1v) is 11.4. The minimum absolute atomic E-state index is 0. The Labute approximate surface area is 205 Å². The third-order valence-electron chi connectivity index (χ3n) is 6.22. The number of anilines is 1. The minimum Gasteiger partial charge on any atom is -0.379 e. The average molecular weight is 545 g/mol. The van der Waals surface area contributed by atoms with Crippen LogP contribution < -0.4 is 15.5 Å². The van der Waals surface area contributed by atoms with Crippen LogP contribution >= 0.6 is 24.0 Å². The van der Waals surface area contributed by atoms with Crippen molar-refractivity contribution in [3.05, 3.63) is 30.3 Å². The molecular weight excluding hydrogens is 503 g/mol. The van der Waals surface area contributed by atoms with Gasteiger partial charge in [0.05, 0.1) is 13.2 Å². The van der Waals surface area contributed by atoms with Crippen molar-refractivity contribution in [2.45, 2.75) is 25.8 Å². The summed E-state index contributed by atoms with van der Waals surface area (Å²) in [5.41, 5.74) is 1.42. The first kappa shape index (κ1) is 26.2. The lowest BCUT2D eigenvalue weighted by Crippen LogP contribution is -2.56. The third kappa shape index (κ3) is 8.40. The first-order valence-electron chi connectivity index (χ1n) is 11.4. The molecule has 3 rings (SSSR count). The van der Waals surface area contributed by atoms with Gasteiger partial charge in [-0.05, 0) is 38.9 Å². The topological polar surface area (TPSA) is 55.4 Å². The summed E-state index contributed by atoms with van der Waals surface area (Å²) >= 11 is 0. The minimum atomic E-state index is 0. The number of nitrogens with zero attached hydrogens (tertiary/aromatic N) is 4. The molecule has 0 spiro atoms. The van der Waals surface area contributed by atoms with Crippen molar-refractivity contribution in [3.63, 3.8) is 0 Å². The molecule has 7 nitrogen and oxygen atoms in total. The second-order valence-corrected chi connectivity index (χ2v) is 8.78. The van der Waals surface area contributed by atoms with E-state index in [9.17, 15) is 0 Å². The zero-order chi connectivity index (χ0) is 21.2. The molecule has 1 aromatic rings. The van der Waals surface area contributed by atoms with Gasteiger partial charge in [0.1, 0.15) is 0 Å². The highest BCUT2D eigenvalue weighted by atomic mass is 127. The first-order chi connectivity index (χ1) is 14.6. The maximum atomic E-state index is 5.48. The van der Waals surface area contributed by atoms with Gasteiger partial charge in [0.2, 0.25) is 0 Å². The molecule has 1 aromatic carbocycles. The van der Waals surface area contributed by atoms with Crippen LogP contribution in [0.1, 0.15) is 20.3 Å². The molecule has 8 heteroatoms. The number of hydrogen-bond donors (Lipinski definition) is 2. The Hall–Kier alpha value is -1.10. The Bertz CT molecular complexity index is 643. The maximum absolute atomic E-state index is 5.48. The quantitative estimate of drug-likeness (QED) is 0.226. The van der Waals surface area contributed by atoms with Crippen molar-refractivity contribution < 1.29 is 4.74 Å². The Kier molecular flexibility index (Phi) is 11.3. The molecule has 2 aliphatic rings. The van der Waals surface area contributed by atoms with Gasteiger partial charge < -0.3 is 20.3 Å². The summed E-state index contributed by atoms with van der Waals surface area (Å²) in [6, 6.07) is 10.7. The lowest BCUT2D eigenvalue weighted by Gasteiger charge is -2.41. The van der Waals surface area contributed by atoms with Crippen LogP contribution in [0.15, 0.2) is 35.3 Å². The van der Waals surface area contributed by atoms with E-state index in [4.69, 9.17) is 4.74 Å². The number of benzene rings is 1. The highest BCUT2D eigenvalue weighted by molar-refractivity contribution is 14.0. The number of nitrogens with one attached hydrogen (secondary N) is 2. The summed E-state index contributed by atoms with van der Waals surface area (Å²) in [6.07, 6.45) is 1.12. The van der Waals surface area contributed by atoms with Crippen molar-refractivity contribution in [1.82, 2.24) is 20.4 Å². The lowest BCUT2D eigenvalue weighted by atomic mass is 10.0. The van der Waals surface area contributed by atoms with Gasteiger partial charge in [-0.25, -0.2) is 0 Å². The van der Waals surface area contributed by atoms with Gasteiger partial charge in [0.15, 0.2) is 5.96 Å². The van der Waals surface area contributed by atoms with Crippen LogP contribution in [-0.2, 0) is 4.74 Å². The number of ether oxygens (including phenoxy) is 1. The van der Waals surface area contributed by atoms with E-state index in [1.807, 2.05) is 7.05 Å². The fourth-order valence-electron chi connectivity index (χ4n) is 4.18. The van der Waals surface area contributed by atoms with Gasteiger partial charge >= 0.3 is 0 Å². The van der Waals surface area contributed by atoms with Crippen LogP contribution in [0.4, 0.5) is 5.69 Å². The van der Waals surface area contributed by atoms with Crippen molar-refractivity contribution in [2.75, 3.05) is 84.1 Å². The number of para-hydroxylation sites is 1. The molecule has 0 unspecified atom stereocenters. The van der Waals surface area contributed by atoms with Crippen LogP contribution in [0.25, 0.3) is 0 Å². The molecule has 0 saturated carbocycles. The zero-order valence-electron chi connectivity index (χ0n) is 19.5. The SMILES string of the molecule is CN=C(NCCCN1CCN(c2ccccc2)CC1)NCC(C)(C)N1CCOCC1.I. The van der Waals surface area contributed by atoms with Crippen LogP contribution in [0.3, 0.4) is 0 Å². The second-order valence-electron chi connectivity index (χ2n) is 8.78. The van der Waals surface area contributed by atoms with Gasteiger partial charge in [0, 0.05) is 70.6 Å². The molecule has 0 radical (unpaired) electrons. The van der Waals surface area contributed by atoms with Crippen LogP contribution in [0.5, 0.6) is 0 Å². The van der Waals surface area contributed by atoms with E-state index in [0.29, 0.717) is 0 Å². The molecule has 31 heavy (non-hydrogen) atoms. The van der Waals surface area contributed by atoms with E-state index in [2.05, 4.69) is 74.5 Å². The van der Waals surface area contributed by atoms with Crippen molar-refractivity contribution >= 4 is 35.6 Å². The van der Waals surface area contributed by atoms with E-state index < -0.39 is 0 Å². The van der Waals surface area contributed by atoms with Crippen LogP contribution in [0.2, 0.25) is 0 Å². The third-order valence-corrected chi connectivity index (χ3v) is 6.22. The van der Waals surface area contributed by atoms with Crippen molar-refractivity contribution in [1.29, 1.82) is 0 Å². The molecule has 2 N–H and O–H groups in total. The number of piperazine rings is 1. The predicted octanol–water partition coefficient (Wildman–Crippen LogP) is 2.09. The Morgan fingerprint density at radius 1 is 1.00 bits per heavy atom. The largest absolute Gasteiger partial charge is 0.379 e. The van der Waals surface area contributed by atoms with Gasteiger partial charge in [0.25, 0.3) is 0 Å². The predicted molar refractivity (Wildman–Crippen MR) is 141 cm³/mol. The number of hydrogen-bond acceptors (Lipinski definition) is 5. The van der Waals surface area contributed by atoms with Crippen molar-refractivity contribution in [3.8, 4) is 0 Å². The number of morpholine rings is 1. The fraction of sp³-hybridized carbons (Fsp3) is 0.696. The van der Waals surface area contributed by atoms with Crippen LogP contribution in [-0.4, -0.2) is 100 Å². The Balaban J connectivity index is 0.00000341. The molecule has 176 valence electrons. The summed E-state index contributed by atoms with van der Waals surface area (Å²) in [6.45, 7) is 15.7. The summed E-state index contributed by atoms with van der Waals surface area (Å²) in [4.78, 5) is 11.9. The molecule has 0 aliphatic carbocycles. The van der Waals surface area contributed by atoms with E-state index in [1.165, 1.54) is 5.69 Å². The molecule has 0 atom stereocenters. The monoisotopic (exact) mass is 544 g/mol. The maximum Gasteiger partial charge on any atom is 0.191 e. The molecule has 0 bridgehead atoms. The highest BCUT2D eigenvalue weighted by Crippen LogP contribution is 2.16. The molecule has 2 aliphatic heterocycles.